The molecule has 3 rings (SSSR count). The molecule has 1 unspecified atom stereocenters. The Hall–Kier alpha value is -2.66. The van der Waals surface area contributed by atoms with Gasteiger partial charge in [-0.15, -0.1) is 11.3 Å². The summed E-state index contributed by atoms with van der Waals surface area (Å²) in [5, 5.41) is 3.93. The molecule has 0 aliphatic heterocycles. The van der Waals surface area contributed by atoms with Crippen molar-refractivity contribution in [3.63, 3.8) is 0 Å². The quantitative estimate of drug-likeness (QED) is 0.667. The summed E-state index contributed by atoms with van der Waals surface area (Å²) in [5.41, 5.74) is 4.17. The van der Waals surface area contributed by atoms with E-state index in [0.717, 1.165) is 38.0 Å². The first kappa shape index (κ1) is 19.1. The lowest BCUT2D eigenvalue weighted by Gasteiger charge is -2.16. The van der Waals surface area contributed by atoms with Crippen molar-refractivity contribution in [2.45, 2.75) is 40.3 Å². The van der Waals surface area contributed by atoms with Crippen LogP contribution in [0.1, 0.15) is 28.6 Å². The summed E-state index contributed by atoms with van der Waals surface area (Å²) >= 11 is 1.61. The highest BCUT2D eigenvalue weighted by Gasteiger charge is 2.17. The molecule has 140 valence electrons. The summed E-state index contributed by atoms with van der Waals surface area (Å²) in [5.74, 6) is 0.614. The molecular formula is C22H24N2O2S. The molecule has 0 aliphatic carbocycles. The highest BCUT2D eigenvalue weighted by molar-refractivity contribution is 7.15. The number of nitrogens with one attached hydrogen (secondary N) is 1. The Kier molecular flexibility index (Phi) is 5.91. The van der Waals surface area contributed by atoms with Gasteiger partial charge in [0.2, 0.25) is 0 Å². The molecule has 2 aromatic carbocycles. The molecule has 1 atom stereocenters. The van der Waals surface area contributed by atoms with Crippen molar-refractivity contribution >= 4 is 17.2 Å². The van der Waals surface area contributed by atoms with E-state index in [4.69, 9.17) is 4.74 Å². The number of thiazole rings is 1. The third-order valence-electron chi connectivity index (χ3n) is 4.35. The zero-order valence-electron chi connectivity index (χ0n) is 16.1. The first-order chi connectivity index (χ1) is 12.9. The van der Waals surface area contributed by atoms with E-state index in [0.29, 0.717) is 6.54 Å². The Morgan fingerprint density at radius 1 is 1.15 bits per heavy atom. The molecule has 1 aromatic heterocycles. The normalized spacial score (nSPS) is 11.9. The van der Waals surface area contributed by atoms with E-state index >= 15 is 0 Å². The first-order valence-electron chi connectivity index (χ1n) is 8.97. The highest BCUT2D eigenvalue weighted by atomic mass is 32.1. The van der Waals surface area contributed by atoms with Gasteiger partial charge in [-0.3, -0.25) is 4.79 Å². The van der Waals surface area contributed by atoms with Gasteiger partial charge in [0.15, 0.2) is 6.10 Å². The van der Waals surface area contributed by atoms with E-state index in [-0.39, 0.29) is 5.91 Å². The summed E-state index contributed by atoms with van der Waals surface area (Å²) in [4.78, 5) is 18.1. The summed E-state index contributed by atoms with van der Waals surface area (Å²) < 4.78 is 5.86. The molecule has 0 radical (unpaired) electrons. The van der Waals surface area contributed by atoms with Gasteiger partial charge in [-0.2, -0.15) is 0 Å². The Morgan fingerprint density at radius 2 is 1.89 bits per heavy atom. The van der Waals surface area contributed by atoms with E-state index in [1.54, 1.807) is 18.3 Å². The molecular weight excluding hydrogens is 356 g/mol. The maximum Gasteiger partial charge on any atom is 0.261 e. The van der Waals surface area contributed by atoms with E-state index in [1.165, 1.54) is 0 Å². The van der Waals surface area contributed by atoms with Crippen LogP contribution in [0, 0.1) is 20.8 Å². The molecule has 4 nitrogen and oxygen atoms in total. The third-order valence-corrected chi connectivity index (χ3v) is 5.56. The second kappa shape index (κ2) is 8.35. The van der Waals surface area contributed by atoms with Gasteiger partial charge in [-0.25, -0.2) is 4.98 Å². The first-order valence-corrected chi connectivity index (χ1v) is 9.79. The Bertz CT molecular complexity index is 935. The number of rotatable bonds is 6. The van der Waals surface area contributed by atoms with Crippen LogP contribution >= 0.6 is 11.3 Å². The molecule has 5 heteroatoms. The summed E-state index contributed by atoms with van der Waals surface area (Å²) in [6.07, 6.45) is -0.563. The van der Waals surface area contributed by atoms with Crippen LogP contribution in [0.25, 0.3) is 10.6 Å². The van der Waals surface area contributed by atoms with Crippen LogP contribution in [0.3, 0.4) is 0 Å². The topological polar surface area (TPSA) is 51.2 Å². The molecule has 0 fully saturated rings. The molecule has 1 heterocycles. The van der Waals surface area contributed by atoms with E-state index in [9.17, 15) is 4.79 Å². The van der Waals surface area contributed by atoms with Gasteiger partial charge in [0.25, 0.3) is 5.91 Å². The Labute approximate surface area is 164 Å². The smallest absolute Gasteiger partial charge is 0.261 e. The number of nitrogens with zero attached hydrogens (tertiary/aromatic N) is 1. The van der Waals surface area contributed by atoms with Crippen LogP contribution in [0.2, 0.25) is 0 Å². The third kappa shape index (κ3) is 4.74. The number of hydrogen-bond acceptors (Lipinski definition) is 4. The number of amides is 1. The van der Waals surface area contributed by atoms with Crippen molar-refractivity contribution < 1.29 is 9.53 Å². The fourth-order valence-corrected chi connectivity index (χ4v) is 3.69. The van der Waals surface area contributed by atoms with Crippen LogP contribution in [0.4, 0.5) is 0 Å². The van der Waals surface area contributed by atoms with Crippen LogP contribution in [0.15, 0.2) is 48.5 Å². The predicted octanol–water partition coefficient (Wildman–Crippen LogP) is 4.82. The molecule has 27 heavy (non-hydrogen) atoms. The van der Waals surface area contributed by atoms with Crippen LogP contribution in [0.5, 0.6) is 5.75 Å². The van der Waals surface area contributed by atoms with Gasteiger partial charge < -0.3 is 10.1 Å². The van der Waals surface area contributed by atoms with Crippen molar-refractivity contribution in [3.05, 3.63) is 70.2 Å². The maximum absolute atomic E-state index is 12.5. The van der Waals surface area contributed by atoms with Crippen LogP contribution < -0.4 is 10.1 Å². The van der Waals surface area contributed by atoms with E-state index < -0.39 is 6.10 Å². The molecule has 0 bridgehead atoms. The van der Waals surface area contributed by atoms with Crippen molar-refractivity contribution in [1.29, 1.82) is 0 Å². The summed E-state index contributed by atoms with van der Waals surface area (Å²) in [7, 11) is 0. The van der Waals surface area contributed by atoms with Gasteiger partial charge in [0.05, 0.1) is 12.2 Å². The average Bonchev–Trinajstić information content (AvgIpc) is 3.04. The van der Waals surface area contributed by atoms with Crippen molar-refractivity contribution in [2.24, 2.45) is 0 Å². The highest BCUT2D eigenvalue weighted by Crippen LogP contribution is 2.27. The van der Waals surface area contributed by atoms with Gasteiger partial charge >= 0.3 is 0 Å². The number of carbonyl (C=O) groups excluding carboxylic acids is 1. The minimum Gasteiger partial charge on any atom is -0.481 e. The molecule has 1 amide bonds. The second-order valence-corrected chi connectivity index (χ2v) is 7.72. The maximum atomic E-state index is 12.5. The van der Waals surface area contributed by atoms with Crippen molar-refractivity contribution in [2.75, 3.05) is 0 Å². The van der Waals surface area contributed by atoms with Gasteiger partial charge in [-0.1, -0.05) is 42.5 Å². The zero-order valence-corrected chi connectivity index (χ0v) is 16.9. The lowest BCUT2D eigenvalue weighted by atomic mass is 10.1. The van der Waals surface area contributed by atoms with E-state index in [1.807, 2.05) is 69.3 Å². The van der Waals surface area contributed by atoms with Gasteiger partial charge in [0, 0.05) is 10.4 Å². The minimum absolute atomic E-state index is 0.134. The number of aromatic nitrogens is 1. The zero-order chi connectivity index (χ0) is 19.4. The number of benzene rings is 2. The fourth-order valence-electron chi connectivity index (χ4n) is 2.69. The fraction of sp³-hybridized carbons (Fsp3) is 0.273. The van der Waals surface area contributed by atoms with E-state index in [2.05, 4.69) is 10.3 Å². The molecule has 1 N–H and O–H groups in total. The minimum atomic E-state index is -0.563. The van der Waals surface area contributed by atoms with Crippen LogP contribution in [-0.2, 0) is 11.3 Å². The largest absolute Gasteiger partial charge is 0.481 e. The molecule has 0 spiro atoms. The predicted molar refractivity (Wildman–Crippen MR) is 110 cm³/mol. The van der Waals surface area contributed by atoms with Gasteiger partial charge in [0.1, 0.15) is 10.8 Å². The molecule has 0 aliphatic rings. The number of aryl methyl sites for hydroxylation is 3. The number of hydrogen-bond donors (Lipinski definition) is 1. The standard InChI is InChI=1S/C22H24N2O2S/c1-14-10-11-15(2)19(12-14)26-17(4)21(25)23-13-20-16(3)24-22(27-20)18-8-6-5-7-9-18/h5-12,17H,13H2,1-4H3,(H,23,25). The van der Waals surface area contributed by atoms with Gasteiger partial charge in [-0.05, 0) is 44.9 Å². The monoisotopic (exact) mass is 380 g/mol. The SMILES string of the molecule is Cc1ccc(C)c(OC(C)C(=O)NCc2sc(-c3ccccc3)nc2C)c1. The lowest BCUT2D eigenvalue weighted by molar-refractivity contribution is -0.127. The van der Waals surface area contributed by atoms with Crippen LogP contribution in [-0.4, -0.2) is 17.0 Å². The number of carbonyl (C=O) groups is 1. The molecule has 3 aromatic rings. The molecule has 0 saturated heterocycles. The summed E-state index contributed by atoms with van der Waals surface area (Å²) in [6, 6.07) is 16.1. The Morgan fingerprint density at radius 3 is 2.63 bits per heavy atom. The van der Waals surface area contributed by atoms with Crippen molar-refractivity contribution in [1.82, 2.24) is 10.3 Å². The Balaban J connectivity index is 1.62. The second-order valence-electron chi connectivity index (χ2n) is 6.64. The average molecular weight is 381 g/mol. The summed E-state index contributed by atoms with van der Waals surface area (Å²) in [6.45, 7) is 8.18. The van der Waals surface area contributed by atoms with Crippen molar-refractivity contribution in [3.8, 4) is 16.3 Å². The molecule has 0 saturated carbocycles. The lowest BCUT2D eigenvalue weighted by Crippen LogP contribution is -2.36. The number of ether oxygens (including phenoxy) is 1.